The lowest BCUT2D eigenvalue weighted by Crippen LogP contribution is -2.27. The maximum Gasteiger partial charge on any atom is 0.419 e. The van der Waals surface area contributed by atoms with Crippen molar-refractivity contribution < 1.29 is 22.3 Å². The minimum atomic E-state index is -4.71. The van der Waals surface area contributed by atoms with Gasteiger partial charge in [-0.2, -0.15) is 13.2 Å². The zero-order valence-electron chi connectivity index (χ0n) is 13.6. The van der Waals surface area contributed by atoms with E-state index in [0.29, 0.717) is 0 Å². The molecule has 0 aromatic heterocycles. The van der Waals surface area contributed by atoms with E-state index in [1.165, 1.54) is 48.5 Å². The van der Waals surface area contributed by atoms with Gasteiger partial charge in [-0.05, 0) is 29.8 Å². The number of rotatable bonds is 5. The van der Waals surface area contributed by atoms with Crippen LogP contribution in [-0.4, -0.2) is 6.18 Å². The summed E-state index contributed by atoms with van der Waals surface area (Å²) < 4.78 is 60.3. The highest BCUT2D eigenvalue weighted by Gasteiger charge is 2.46. The Morgan fingerprint density at radius 1 is 0.692 bits per heavy atom. The lowest BCUT2D eigenvalue weighted by molar-refractivity contribution is -0.197. The average molecular weight is 376 g/mol. The summed E-state index contributed by atoms with van der Waals surface area (Å²) in [4.78, 5) is 0. The molecule has 0 heterocycles. The maximum absolute atomic E-state index is 13.7. The smallest absolute Gasteiger partial charge is 0.304 e. The molecule has 0 spiro atoms. The van der Waals surface area contributed by atoms with Crippen LogP contribution in [0.1, 0.15) is 11.7 Å². The summed E-state index contributed by atoms with van der Waals surface area (Å²) in [5, 5.41) is 0.438. The van der Waals surface area contributed by atoms with Crippen molar-refractivity contribution in [2.24, 2.45) is 0 Å². The molecule has 0 amide bonds. The third-order valence-electron chi connectivity index (χ3n) is 3.85. The summed E-state index contributed by atoms with van der Waals surface area (Å²) in [6.45, 7) is 0. The summed E-state index contributed by atoms with van der Waals surface area (Å²) in [7, 11) is -3.96. The number of hydrogen-bond donors (Lipinski definition) is 0. The molecule has 0 aliphatic heterocycles. The molecule has 0 aliphatic carbocycles. The molecule has 3 rings (SSSR count). The molecule has 3 aromatic carbocycles. The first-order valence-electron chi connectivity index (χ1n) is 7.92. The molecular formula is C20H16F3O2P. The quantitative estimate of drug-likeness (QED) is 0.570. The van der Waals surface area contributed by atoms with Crippen LogP contribution >= 0.6 is 7.37 Å². The van der Waals surface area contributed by atoms with E-state index in [4.69, 9.17) is 4.52 Å². The second-order valence-corrected chi connectivity index (χ2v) is 8.01. The highest BCUT2D eigenvalue weighted by molar-refractivity contribution is 7.74. The molecule has 0 N–H and O–H groups in total. The third kappa shape index (κ3) is 3.90. The van der Waals surface area contributed by atoms with Crippen LogP contribution in [0.3, 0.4) is 0 Å². The van der Waals surface area contributed by atoms with E-state index in [2.05, 4.69) is 0 Å². The fourth-order valence-electron chi connectivity index (χ4n) is 2.61. The Hall–Kier alpha value is -2.36. The molecule has 3 aromatic rings. The van der Waals surface area contributed by atoms with Crippen LogP contribution < -0.4 is 10.6 Å². The van der Waals surface area contributed by atoms with E-state index < -0.39 is 19.6 Å². The first-order valence-corrected chi connectivity index (χ1v) is 9.55. The fraction of sp³-hybridized carbons (Fsp3) is 0.100. The monoisotopic (exact) mass is 376 g/mol. The van der Waals surface area contributed by atoms with Crippen molar-refractivity contribution in [3.8, 4) is 0 Å². The van der Waals surface area contributed by atoms with Gasteiger partial charge in [-0.3, -0.25) is 4.57 Å². The summed E-state index contributed by atoms with van der Waals surface area (Å²) in [6, 6.07) is 23.2. The Bertz CT molecular complexity index is 838. The minimum Gasteiger partial charge on any atom is -0.304 e. The van der Waals surface area contributed by atoms with Crippen LogP contribution in [0.25, 0.3) is 0 Å². The van der Waals surface area contributed by atoms with Gasteiger partial charge in [-0.15, -0.1) is 0 Å². The SMILES string of the molecule is O=P(OC(c1ccccc1)C(F)(F)F)(c1ccccc1)c1ccccc1. The van der Waals surface area contributed by atoms with Crippen LogP contribution in [-0.2, 0) is 9.09 Å². The van der Waals surface area contributed by atoms with Crippen LogP contribution in [0.4, 0.5) is 13.2 Å². The van der Waals surface area contributed by atoms with Crippen LogP contribution in [0.5, 0.6) is 0 Å². The Kier molecular flexibility index (Phi) is 5.30. The molecule has 1 atom stereocenters. The van der Waals surface area contributed by atoms with E-state index in [1.54, 1.807) is 42.5 Å². The number of alkyl halides is 3. The molecule has 0 bridgehead atoms. The molecule has 0 radical (unpaired) electrons. The Morgan fingerprint density at radius 2 is 1.08 bits per heavy atom. The van der Waals surface area contributed by atoms with Gasteiger partial charge in [0.2, 0.25) is 0 Å². The van der Waals surface area contributed by atoms with Crippen LogP contribution in [0.2, 0.25) is 0 Å². The summed E-state index contributed by atoms with van der Waals surface area (Å²) in [6.07, 6.45) is -7.00. The van der Waals surface area contributed by atoms with Crippen molar-refractivity contribution in [1.29, 1.82) is 0 Å². The van der Waals surface area contributed by atoms with Crippen LogP contribution in [0.15, 0.2) is 91.0 Å². The van der Waals surface area contributed by atoms with Gasteiger partial charge >= 0.3 is 6.18 Å². The van der Waals surface area contributed by atoms with E-state index >= 15 is 0 Å². The van der Waals surface area contributed by atoms with Gasteiger partial charge in [0, 0.05) is 10.6 Å². The second-order valence-electron chi connectivity index (χ2n) is 5.66. The Morgan fingerprint density at radius 3 is 1.46 bits per heavy atom. The summed E-state index contributed by atoms with van der Waals surface area (Å²) in [5.41, 5.74) is -0.0907. The first kappa shape index (κ1) is 18.4. The van der Waals surface area contributed by atoms with Crippen molar-refractivity contribution in [2.45, 2.75) is 12.3 Å². The van der Waals surface area contributed by atoms with Crippen molar-refractivity contribution >= 4 is 18.0 Å². The molecule has 134 valence electrons. The average Bonchev–Trinajstić information content (AvgIpc) is 2.67. The zero-order chi connectivity index (χ0) is 18.6. The van der Waals surface area contributed by atoms with Crippen molar-refractivity contribution in [2.75, 3.05) is 0 Å². The van der Waals surface area contributed by atoms with E-state index in [-0.39, 0.29) is 16.2 Å². The number of benzene rings is 3. The highest BCUT2D eigenvalue weighted by Crippen LogP contribution is 2.52. The molecule has 6 heteroatoms. The van der Waals surface area contributed by atoms with Gasteiger partial charge in [-0.25, -0.2) is 0 Å². The fourth-order valence-corrected chi connectivity index (χ4v) is 4.81. The van der Waals surface area contributed by atoms with Gasteiger partial charge in [0.15, 0.2) is 6.10 Å². The van der Waals surface area contributed by atoms with Gasteiger partial charge in [0.25, 0.3) is 7.37 Å². The largest absolute Gasteiger partial charge is 0.419 e. The second kappa shape index (κ2) is 7.48. The van der Waals surface area contributed by atoms with Crippen molar-refractivity contribution in [1.82, 2.24) is 0 Å². The predicted octanol–water partition coefficient (Wildman–Crippen LogP) is 5.24. The van der Waals surface area contributed by atoms with Gasteiger partial charge in [-0.1, -0.05) is 66.7 Å². The zero-order valence-corrected chi connectivity index (χ0v) is 14.5. The molecule has 26 heavy (non-hydrogen) atoms. The Balaban J connectivity index is 2.12. The topological polar surface area (TPSA) is 26.3 Å². The van der Waals surface area contributed by atoms with Crippen molar-refractivity contribution in [3.63, 3.8) is 0 Å². The van der Waals surface area contributed by atoms with E-state index in [1.807, 2.05) is 0 Å². The lowest BCUT2D eigenvalue weighted by Gasteiger charge is -2.27. The third-order valence-corrected chi connectivity index (χ3v) is 6.31. The molecule has 1 unspecified atom stereocenters. The minimum absolute atomic E-state index is 0.0907. The normalized spacial score (nSPS) is 13.3. The standard InChI is InChI=1S/C20H16F3O2P/c21-20(22,23)19(16-10-4-1-5-11-16)25-26(24,17-12-6-2-7-13-17)18-14-8-3-9-15-18/h1-15,19H. The van der Waals surface area contributed by atoms with Gasteiger partial charge < -0.3 is 4.52 Å². The molecule has 0 saturated carbocycles. The highest BCUT2D eigenvalue weighted by atomic mass is 31.2. The Labute approximate surface area is 149 Å². The molecular weight excluding hydrogens is 360 g/mol. The van der Waals surface area contributed by atoms with E-state index in [9.17, 15) is 17.7 Å². The van der Waals surface area contributed by atoms with Crippen LogP contribution in [0, 0.1) is 0 Å². The number of hydrogen-bond acceptors (Lipinski definition) is 2. The number of halogens is 3. The van der Waals surface area contributed by atoms with Gasteiger partial charge in [0.05, 0.1) is 0 Å². The molecule has 0 fully saturated rings. The van der Waals surface area contributed by atoms with E-state index in [0.717, 1.165) is 0 Å². The molecule has 0 aliphatic rings. The molecule has 0 saturated heterocycles. The predicted molar refractivity (Wildman–Crippen MR) is 96.1 cm³/mol. The first-order chi connectivity index (χ1) is 12.4. The maximum atomic E-state index is 13.7. The van der Waals surface area contributed by atoms with Gasteiger partial charge in [0.1, 0.15) is 0 Å². The summed E-state index contributed by atoms with van der Waals surface area (Å²) in [5.74, 6) is 0. The summed E-state index contributed by atoms with van der Waals surface area (Å²) >= 11 is 0. The molecule has 2 nitrogen and oxygen atoms in total. The van der Waals surface area contributed by atoms with Crippen molar-refractivity contribution in [3.05, 3.63) is 96.6 Å². The lowest BCUT2D eigenvalue weighted by atomic mass is 10.1.